The normalized spacial score (nSPS) is 11.4. The van der Waals surface area contributed by atoms with E-state index in [1.54, 1.807) is 16.7 Å². The van der Waals surface area contributed by atoms with Crippen LogP contribution in [-0.4, -0.2) is 30.6 Å². The Hall–Kier alpha value is -2.24. The Morgan fingerprint density at radius 2 is 1.79 bits per heavy atom. The number of hydrogen-bond donors (Lipinski definition) is 0. The Bertz CT molecular complexity index is 897. The lowest BCUT2D eigenvalue weighted by Crippen LogP contribution is -2.27. The molecule has 0 aliphatic carbocycles. The smallest absolute Gasteiger partial charge is 0.408 e. The highest BCUT2D eigenvalue weighted by Gasteiger charge is 2.11. The highest BCUT2D eigenvalue weighted by Crippen LogP contribution is 2.19. The molecule has 0 saturated heterocycles. The topological polar surface area (TPSA) is 41.6 Å². The predicted octanol–water partition coefficient (Wildman–Crippen LogP) is 3.40. The number of oxazole rings is 1. The summed E-state index contributed by atoms with van der Waals surface area (Å²) in [6.07, 6.45) is 0. The Labute approximate surface area is 145 Å². The van der Waals surface area contributed by atoms with Crippen molar-refractivity contribution in [3.8, 4) is 0 Å². The molecule has 126 valence electrons. The second-order valence-electron chi connectivity index (χ2n) is 6.12. The van der Waals surface area contributed by atoms with Crippen LogP contribution in [0.15, 0.2) is 51.7 Å². The summed E-state index contributed by atoms with van der Waals surface area (Å²) in [6.45, 7) is 1.18. The van der Waals surface area contributed by atoms with E-state index in [9.17, 15) is 4.79 Å². The van der Waals surface area contributed by atoms with Crippen molar-refractivity contribution in [1.82, 2.24) is 9.47 Å². The van der Waals surface area contributed by atoms with Crippen molar-refractivity contribution >= 4 is 28.4 Å². The van der Waals surface area contributed by atoms with E-state index in [1.807, 2.05) is 27.2 Å². The molecule has 0 aliphatic heterocycles. The highest BCUT2D eigenvalue weighted by atomic mass is 35.5. The molecular weight excluding hydrogens is 326 g/mol. The molecule has 0 N–H and O–H groups in total. The van der Waals surface area contributed by atoms with Crippen LogP contribution in [0.25, 0.3) is 11.1 Å². The molecule has 0 atom stereocenters. The number of nitrogens with zero attached hydrogens (tertiary/aromatic N) is 3. The second-order valence-corrected chi connectivity index (χ2v) is 6.56. The summed E-state index contributed by atoms with van der Waals surface area (Å²) in [6, 6.07) is 13.6. The molecule has 2 aromatic carbocycles. The standard InChI is InChI=1S/C18H20ClN3O2/c1-20(2)15-7-4-13(5-8-15)11-21(3)12-22-16-9-6-14(19)10-17(16)24-18(22)23/h4-10H,11-12H2,1-3H3. The first-order valence-corrected chi connectivity index (χ1v) is 8.05. The molecule has 0 amide bonds. The Morgan fingerprint density at radius 3 is 2.46 bits per heavy atom. The van der Waals surface area contributed by atoms with E-state index in [2.05, 4.69) is 34.1 Å². The summed E-state index contributed by atoms with van der Waals surface area (Å²) >= 11 is 5.94. The number of benzene rings is 2. The van der Waals surface area contributed by atoms with Crippen molar-refractivity contribution in [2.24, 2.45) is 0 Å². The quantitative estimate of drug-likeness (QED) is 0.710. The van der Waals surface area contributed by atoms with Gasteiger partial charge in [0, 0.05) is 37.4 Å². The molecule has 0 bridgehead atoms. The average Bonchev–Trinajstić information content (AvgIpc) is 2.82. The molecule has 0 saturated carbocycles. The Kier molecular flexibility index (Phi) is 4.64. The van der Waals surface area contributed by atoms with Gasteiger partial charge in [0.1, 0.15) is 0 Å². The molecule has 3 rings (SSSR count). The number of aromatic nitrogens is 1. The maximum absolute atomic E-state index is 12.1. The molecule has 0 aliphatic rings. The van der Waals surface area contributed by atoms with Crippen molar-refractivity contribution in [2.45, 2.75) is 13.2 Å². The van der Waals surface area contributed by atoms with Crippen molar-refractivity contribution < 1.29 is 4.42 Å². The van der Waals surface area contributed by atoms with Crippen molar-refractivity contribution in [1.29, 1.82) is 0 Å². The minimum absolute atomic E-state index is 0.373. The van der Waals surface area contributed by atoms with Crippen LogP contribution in [-0.2, 0) is 13.2 Å². The fourth-order valence-electron chi connectivity index (χ4n) is 2.68. The van der Waals surface area contributed by atoms with Gasteiger partial charge in [-0.15, -0.1) is 0 Å². The van der Waals surface area contributed by atoms with Gasteiger partial charge in [0.25, 0.3) is 0 Å². The molecule has 3 aromatic rings. The number of rotatable bonds is 5. The highest BCUT2D eigenvalue weighted by molar-refractivity contribution is 6.31. The number of fused-ring (bicyclic) bond motifs is 1. The molecule has 24 heavy (non-hydrogen) atoms. The first-order valence-electron chi connectivity index (χ1n) is 7.68. The van der Waals surface area contributed by atoms with E-state index >= 15 is 0 Å². The lowest BCUT2D eigenvalue weighted by molar-refractivity contribution is 0.253. The van der Waals surface area contributed by atoms with E-state index in [4.69, 9.17) is 16.0 Å². The van der Waals surface area contributed by atoms with E-state index in [-0.39, 0.29) is 5.76 Å². The van der Waals surface area contributed by atoms with Crippen LogP contribution in [0.3, 0.4) is 0 Å². The lowest BCUT2D eigenvalue weighted by Gasteiger charge is -2.18. The van der Waals surface area contributed by atoms with E-state index in [0.29, 0.717) is 17.3 Å². The Morgan fingerprint density at radius 1 is 1.08 bits per heavy atom. The van der Waals surface area contributed by atoms with Crippen LogP contribution in [0.1, 0.15) is 5.56 Å². The van der Waals surface area contributed by atoms with Crippen LogP contribution in [0.4, 0.5) is 5.69 Å². The summed E-state index contributed by atoms with van der Waals surface area (Å²) in [5.41, 5.74) is 3.61. The van der Waals surface area contributed by atoms with Crippen LogP contribution >= 0.6 is 11.6 Å². The van der Waals surface area contributed by atoms with Gasteiger partial charge in [-0.2, -0.15) is 0 Å². The first-order chi connectivity index (χ1) is 11.4. The van der Waals surface area contributed by atoms with Crippen LogP contribution in [0.5, 0.6) is 0 Å². The molecular formula is C18H20ClN3O2. The first kappa shape index (κ1) is 16.6. The van der Waals surface area contributed by atoms with Gasteiger partial charge in [0.05, 0.1) is 12.2 Å². The van der Waals surface area contributed by atoms with E-state index in [1.165, 1.54) is 5.56 Å². The summed E-state index contributed by atoms with van der Waals surface area (Å²) < 4.78 is 6.87. The lowest BCUT2D eigenvalue weighted by atomic mass is 10.2. The van der Waals surface area contributed by atoms with Gasteiger partial charge in [0.2, 0.25) is 0 Å². The molecule has 6 heteroatoms. The van der Waals surface area contributed by atoms with Gasteiger partial charge in [-0.25, -0.2) is 4.79 Å². The monoisotopic (exact) mass is 345 g/mol. The fraction of sp³-hybridized carbons (Fsp3) is 0.278. The third-order valence-electron chi connectivity index (χ3n) is 3.92. The van der Waals surface area contributed by atoms with Gasteiger partial charge >= 0.3 is 5.76 Å². The summed E-state index contributed by atoms with van der Waals surface area (Å²) in [5, 5.41) is 0.553. The van der Waals surface area contributed by atoms with E-state index < -0.39 is 0 Å². The fourth-order valence-corrected chi connectivity index (χ4v) is 2.84. The van der Waals surface area contributed by atoms with Crippen molar-refractivity contribution in [3.05, 3.63) is 63.6 Å². The number of anilines is 1. The third kappa shape index (κ3) is 3.47. The zero-order chi connectivity index (χ0) is 17.3. The van der Waals surface area contributed by atoms with Crippen molar-refractivity contribution in [2.75, 3.05) is 26.0 Å². The minimum atomic E-state index is -0.373. The van der Waals surface area contributed by atoms with Gasteiger partial charge in [-0.3, -0.25) is 9.47 Å². The van der Waals surface area contributed by atoms with Crippen molar-refractivity contribution in [3.63, 3.8) is 0 Å². The number of halogens is 1. The summed E-state index contributed by atoms with van der Waals surface area (Å²) in [7, 11) is 6.01. The predicted molar refractivity (Wildman–Crippen MR) is 97.7 cm³/mol. The summed E-state index contributed by atoms with van der Waals surface area (Å²) in [4.78, 5) is 16.2. The molecule has 5 nitrogen and oxygen atoms in total. The number of hydrogen-bond acceptors (Lipinski definition) is 4. The third-order valence-corrected chi connectivity index (χ3v) is 4.15. The average molecular weight is 346 g/mol. The van der Waals surface area contributed by atoms with Crippen LogP contribution in [0, 0.1) is 0 Å². The molecule has 0 spiro atoms. The molecule has 0 fully saturated rings. The molecule has 0 unspecified atom stereocenters. The zero-order valence-corrected chi connectivity index (χ0v) is 14.7. The second kappa shape index (κ2) is 6.71. The van der Waals surface area contributed by atoms with Crippen LogP contribution in [0.2, 0.25) is 5.02 Å². The van der Waals surface area contributed by atoms with Crippen LogP contribution < -0.4 is 10.7 Å². The summed E-state index contributed by atoms with van der Waals surface area (Å²) in [5.74, 6) is -0.373. The Balaban J connectivity index is 1.76. The van der Waals surface area contributed by atoms with E-state index in [0.717, 1.165) is 17.7 Å². The van der Waals surface area contributed by atoms with Gasteiger partial charge in [-0.05, 0) is 36.9 Å². The zero-order valence-electron chi connectivity index (χ0n) is 14.0. The van der Waals surface area contributed by atoms with Gasteiger partial charge < -0.3 is 9.32 Å². The van der Waals surface area contributed by atoms with Gasteiger partial charge in [-0.1, -0.05) is 23.7 Å². The molecule has 1 aromatic heterocycles. The molecule has 1 heterocycles. The largest absolute Gasteiger partial charge is 0.421 e. The SMILES string of the molecule is CN(Cc1ccc(N(C)C)cc1)Cn1c(=O)oc2cc(Cl)ccc21. The molecule has 0 radical (unpaired) electrons. The maximum Gasteiger partial charge on any atom is 0.421 e. The minimum Gasteiger partial charge on any atom is -0.408 e. The van der Waals surface area contributed by atoms with Gasteiger partial charge in [0.15, 0.2) is 5.58 Å². The maximum atomic E-state index is 12.1.